The Bertz CT molecular complexity index is 501. The zero-order valence-corrected chi connectivity index (χ0v) is 14.3. The van der Waals surface area contributed by atoms with Crippen LogP contribution in [0.5, 0.6) is 0 Å². The summed E-state index contributed by atoms with van der Waals surface area (Å²) >= 11 is 0. The third kappa shape index (κ3) is 4.96. The van der Waals surface area contributed by atoms with Crippen molar-refractivity contribution in [3.8, 4) is 0 Å². The van der Waals surface area contributed by atoms with Crippen LogP contribution >= 0.6 is 0 Å². The molecule has 0 aromatic heterocycles. The number of aliphatic carboxylic acids is 1. The molecule has 0 spiro atoms. The van der Waals surface area contributed by atoms with E-state index in [0.29, 0.717) is 19.5 Å². The molecule has 128 valence electrons. The molecule has 4 nitrogen and oxygen atoms in total. The van der Waals surface area contributed by atoms with Gasteiger partial charge in [0.1, 0.15) is 5.54 Å². The van der Waals surface area contributed by atoms with Crippen molar-refractivity contribution < 1.29 is 9.90 Å². The van der Waals surface area contributed by atoms with E-state index in [2.05, 4.69) is 36.1 Å². The third-order valence-electron chi connectivity index (χ3n) is 4.85. The van der Waals surface area contributed by atoms with Gasteiger partial charge in [0.05, 0.1) is 0 Å². The van der Waals surface area contributed by atoms with Gasteiger partial charge < -0.3 is 15.7 Å². The number of aryl methyl sites for hydroxylation is 1. The van der Waals surface area contributed by atoms with Gasteiger partial charge in [0.25, 0.3) is 0 Å². The highest BCUT2D eigenvalue weighted by Crippen LogP contribution is 2.26. The molecule has 0 radical (unpaired) electrons. The average Bonchev–Trinajstić information content (AvgIpc) is 2.95. The van der Waals surface area contributed by atoms with Gasteiger partial charge >= 0.3 is 5.97 Å². The fourth-order valence-electron chi connectivity index (χ4n) is 3.21. The molecule has 0 aliphatic carbocycles. The van der Waals surface area contributed by atoms with Crippen LogP contribution in [0.25, 0.3) is 0 Å². The van der Waals surface area contributed by atoms with Crippen LogP contribution in [-0.4, -0.2) is 29.7 Å². The molecule has 1 aliphatic rings. The number of rotatable bonds is 9. The van der Waals surface area contributed by atoms with Gasteiger partial charge in [-0.2, -0.15) is 0 Å². The van der Waals surface area contributed by atoms with E-state index in [1.807, 2.05) is 0 Å². The van der Waals surface area contributed by atoms with Gasteiger partial charge in [0, 0.05) is 18.8 Å². The molecule has 1 aromatic rings. The third-order valence-corrected chi connectivity index (χ3v) is 4.85. The van der Waals surface area contributed by atoms with Gasteiger partial charge in [0.15, 0.2) is 0 Å². The number of unbranched alkanes of at least 4 members (excludes halogenated alkanes) is 5. The molecule has 1 saturated heterocycles. The first-order chi connectivity index (χ1) is 11.0. The number of carboxylic acid groups (broad SMARTS) is 1. The number of anilines is 1. The molecule has 2 rings (SSSR count). The second-order valence-electron chi connectivity index (χ2n) is 6.82. The lowest BCUT2D eigenvalue weighted by molar-refractivity contribution is -0.142. The zero-order chi connectivity index (χ0) is 16.7. The number of hydrogen-bond donors (Lipinski definition) is 2. The van der Waals surface area contributed by atoms with Gasteiger partial charge in [0.2, 0.25) is 0 Å². The Morgan fingerprint density at radius 1 is 1.17 bits per heavy atom. The largest absolute Gasteiger partial charge is 0.480 e. The maximum atomic E-state index is 11.2. The molecule has 1 fully saturated rings. The summed E-state index contributed by atoms with van der Waals surface area (Å²) in [6.07, 6.45) is 9.53. The van der Waals surface area contributed by atoms with E-state index in [1.165, 1.54) is 44.1 Å². The Hall–Kier alpha value is -1.55. The van der Waals surface area contributed by atoms with Crippen molar-refractivity contribution in [2.75, 3.05) is 18.0 Å². The summed E-state index contributed by atoms with van der Waals surface area (Å²) in [5.41, 5.74) is 7.27. The molecule has 1 heterocycles. The summed E-state index contributed by atoms with van der Waals surface area (Å²) in [7, 11) is 0. The van der Waals surface area contributed by atoms with Gasteiger partial charge in [-0.1, -0.05) is 51.2 Å². The van der Waals surface area contributed by atoms with E-state index in [1.54, 1.807) is 0 Å². The van der Waals surface area contributed by atoms with Crippen LogP contribution in [0, 0.1) is 0 Å². The number of carbonyl (C=O) groups is 1. The number of nitrogens with zero attached hydrogens (tertiary/aromatic N) is 1. The summed E-state index contributed by atoms with van der Waals surface area (Å²) in [4.78, 5) is 13.3. The molecule has 4 heteroatoms. The monoisotopic (exact) mass is 318 g/mol. The van der Waals surface area contributed by atoms with Crippen molar-refractivity contribution in [3.63, 3.8) is 0 Å². The lowest BCUT2D eigenvalue weighted by atomic mass is 10.0. The molecule has 1 atom stereocenters. The van der Waals surface area contributed by atoms with Crippen molar-refractivity contribution in [1.82, 2.24) is 0 Å². The van der Waals surface area contributed by atoms with Crippen molar-refractivity contribution in [2.45, 2.75) is 63.8 Å². The highest BCUT2D eigenvalue weighted by molar-refractivity contribution is 5.80. The first kappa shape index (κ1) is 17.8. The predicted octanol–water partition coefficient (Wildman–Crippen LogP) is 3.58. The molecular formula is C19H30N2O2. The van der Waals surface area contributed by atoms with Crippen LogP contribution in [0.4, 0.5) is 5.69 Å². The summed E-state index contributed by atoms with van der Waals surface area (Å²) in [6.45, 7) is 3.34. The summed E-state index contributed by atoms with van der Waals surface area (Å²) in [6, 6.07) is 8.53. The molecule has 0 bridgehead atoms. The summed E-state index contributed by atoms with van der Waals surface area (Å²) < 4.78 is 0. The first-order valence-corrected chi connectivity index (χ1v) is 8.91. The Labute approximate surface area is 139 Å². The van der Waals surface area contributed by atoms with Crippen molar-refractivity contribution >= 4 is 11.7 Å². The number of hydrogen-bond acceptors (Lipinski definition) is 3. The lowest BCUT2D eigenvalue weighted by Crippen LogP contribution is -2.50. The maximum absolute atomic E-state index is 11.2. The van der Waals surface area contributed by atoms with Gasteiger partial charge in [-0.25, -0.2) is 0 Å². The summed E-state index contributed by atoms with van der Waals surface area (Å²) in [5.74, 6) is -0.903. The highest BCUT2D eigenvalue weighted by Gasteiger charge is 2.41. The van der Waals surface area contributed by atoms with Crippen LogP contribution in [0.3, 0.4) is 0 Å². The molecule has 1 unspecified atom stereocenters. The van der Waals surface area contributed by atoms with E-state index in [0.717, 1.165) is 12.1 Å². The van der Waals surface area contributed by atoms with E-state index in [4.69, 9.17) is 5.73 Å². The fraction of sp³-hybridized carbons (Fsp3) is 0.632. The molecular weight excluding hydrogens is 288 g/mol. The Morgan fingerprint density at radius 3 is 2.43 bits per heavy atom. The molecule has 23 heavy (non-hydrogen) atoms. The second kappa shape index (κ2) is 8.34. The van der Waals surface area contributed by atoms with Crippen molar-refractivity contribution in [3.05, 3.63) is 29.8 Å². The highest BCUT2D eigenvalue weighted by atomic mass is 16.4. The minimum absolute atomic E-state index is 0.388. The Kier molecular flexibility index (Phi) is 6.46. The molecule has 0 saturated carbocycles. The van der Waals surface area contributed by atoms with Crippen LogP contribution in [0.15, 0.2) is 24.3 Å². The topological polar surface area (TPSA) is 66.6 Å². The van der Waals surface area contributed by atoms with Gasteiger partial charge in [-0.05, 0) is 37.0 Å². The zero-order valence-electron chi connectivity index (χ0n) is 14.3. The predicted molar refractivity (Wildman–Crippen MR) is 94.9 cm³/mol. The van der Waals surface area contributed by atoms with Crippen LogP contribution in [-0.2, 0) is 11.2 Å². The van der Waals surface area contributed by atoms with Crippen LogP contribution in [0.2, 0.25) is 0 Å². The maximum Gasteiger partial charge on any atom is 0.325 e. The van der Waals surface area contributed by atoms with E-state index in [9.17, 15) is 9.90 Å². The number of benzene rings is 1. The number of nitrogens with two attached hydrogens (primary N) is 1. The van der Waals surface area contributed by atoms with Crippen LogP contribution in [0.1, 0.15) is 57.4 Å². The smallest absolute Gasteiger partial charge is 0.325 e. The average molecular weight is 318 g/mol. The standard InChI is InChI=1S/C19H30N2O2/c1-2-3-4-5-6-7-8-16-9-11-17(12-10-16)21-14-13-19(20,15-21)18(22)23/h9-12H,2-8,13-15,20H2,1H3,(H,22,23). The Morgan fingerprint density at radius 2 is 1.83 bits per heavy atom. The normalized spacial score (nSPS) is 20.9. The molecule has 1 aromatic carbocycles. The minimum Gasteiger partial charge on any atom is -0.480 e. The van der Waals surface area contributed by atoms with Gasteiger partial charge in [-0.15, -0.1) is 0 Å². The Balaban J connectivity index is 1.78. The summed E-state index contributed by atoms with van der Waals surface area (Å²) in [5, 5.41) is 9.20. The first-order valence-electron chi connectivity index (χ1n) is 8.91. The van der Waals surface area contributed by atoms with E-state index in [-0.39, 0.29) is 0 Å². The molecule has 3 N–H and O–H groups in total. The quantitative estimate of drug-likeness (QED) is 0.683. The van der Waals surface area contributed by atoms with Crippen molar-refractivity contribution in [2.24, 2.45) is 5.73 Å². The fourth-order valence-corrected chi connectivity index (χ4v) is 3.21. The second-order valence-corrected chi connectivity index (χ2v) is 6.82. The molecule has 0 amide bonds. The van der Waals surface area contributed by atoms with Gasteiger partial charge in [-0.3, -0.25) is 4.79 Å². The SMILES string of the molecule is CCCCCCCCc1ccc(N2CCC(N)(C(=O)O)C2)cc1. The number of carboxylic acids is 1. The lowest BCUT2D eigenvalue weighted by Gasteiger charge is -2.21. The molecule has 1 aliphatic heterocycles. The minimum atomic E-state index is -1.10. The van der Waals surface area contributed by atoms with E-state index >= 15 is 0 Å². The van der Waals surface area contributed by atoms with Crippen molar-refractivity contribution in [1.29, 1.82) is 0 Å². The van der Waals surface area contributed by atoms with Crippen LogP contribution < -0.4 is 10.6 Å². The van der Waals surface area contributed by atoms with E-state index < -0.39 is 11.5 Å².